The number of aliphatic hydroxyl groups is 2. The van der Waals surface area contributed by atoms with Crippen LogP contribution in [-0.2, 0) is 54.4 Å². The van der Waals surface area contributed by atoms with E-state index in [9.17, 15) is 58.2 Å². The zero-order chi connectivity index (χ0) is 48.6. The molecule has 7 amide bonds. The van der Waals surface area contributed by atoms with Crippen molar-refractivity contribution in [1.29, 1.82) is 0 Å². The van der Waals surface area contributed by atoms with E-state index in [4.69, 9.17) is 16.6 Å². The Balaban J connectivity index is 2.59. The number of hydrogen-bond acceptors (Lipinski definition) is 14. The molecule has 65 heavy (non-hydrogen) atoms. The van der Waals surface area contributed by atoms with Gasteiger partial charge in [-0.05, 0) is 58.4 Å². The number of Topliss-reactive ketones (excluding diaryl/α,β-unsaturated/α-hetero) is 2. The highest BCUT2D eigenvalue weighted by atomic mass is 16.4. The Kier molecular flexibility index (Phi) is 23.8. The Labute approximate surface area is 375 Å². The summed E-state index contributed by atoms with van der Waals surface area (Å²) in [6.45, 7) is 2.46. The summed E-state index contributed by atoms with van der Waals surface area (Å²) < 4.78 is 0. The van der Waals surface area contributed by atoms with Crippen LogP contribution in [0.3, 0.4) is 0 Å². The average Bonchev–Trinajstić information content (AvgIpc) is 3.23. The van der Waals surface area contributed by atoms with Gasteiger partial charge in [-0.15, -0.1) is 0 Å². The number of carboxylic acid groups (broad SMARTS) is 1. The van der Waals surface area contributed by atoms with Gasteiger partial charge < -0.3 is 69.3 Å². The lowest BCUT2D eigenvalue weighted by molar-refractivity contribution is -0.138. The molecule has 0 radical (unpaired) electrons. The summed E-state index contributed by atoms with van der Waals surface area (Å²) in [4.78, 5) is 134. The van der Waals surface area contributed by atoms with Crippen molar-refractivity contribution < 1.29 is 63.3 Å². The summed E-state index contributed by atoms with van der Waals surface area (Å²) in [6.07, 6.45) is -4.20. The minimum absolute atomic E-state index is 0.00336. The normalized spacial score (nSPS) is 21.7. The SMILES string of the molecule is CC(=O)C(NC(=O)C1CCCC(NC(=O)CNCCC(=O)CCC(=O)O)C(=O)NC(CCCN=C(N)N)C(=O)NC(Cc2ccccc2)C(=O)NCC(=O)NC(C(C)O)C(=O)N1)C(C)O. The van der Waals surface area contributed by atoms with Crippen molar-refractivity contribution in [1.82, 2.24) is 42.5 Å². The van der Waals surface area contributed by atoms with Crippen molar-refractivity contribution in [2.75, 3.05) is 26.2 Å². The molecule has 24 heteroatoms. The molecule has 0 aliphatic carbocycles. The fraction of sp³-hybridized carbons (Fsp3) is 0.585. The topological polar surface area (TPSA) is 392 Å². The molecule has 1 aliphatic heterocycles. The third-order valence-electron chi connectivity index (χ3n) is 9.97. The average molecular weight is 918 g/mol. The highest BCUT2D eigenvalue weighted by Crippen LogP contribution is 2.11. The minimum Gasteiger partial charge on any atom is -0.481 e. The first-order valence-corrected chi connectivity index (χ1v) is 21.2. The molecule has 0 bridgehead atoms. The number of nitrogens with zero attached hydrogens (tertiary/aromatic N) is 1. The Morgan fingerprint density at radius 1 is 0.846 bits per heavy atom. The molecular formula is C41H63N11O13. The van der Waals surface area contributed by atoms with Gasteiger partial charge in [-0.25, -0.2) is 0 Å². The Morgan fingerprint density at radius 2 is 1.52 bits per heavy atom. The van der Waals surface area contributed by atoms with Crippen molar-refractivity contribution in [2.45, 2.75) is 127 Å². The number of aliphatic imine (C=N–C) groups is 1. The van der Waals surface area contributed by atoms with E-state index in [0.717, 1.165) is 6.92 Å². The number of carbonyl (C=O) groups excluding carboxylic acids is 9. The van der Waals surface area contributed by atoms with Gasteiger partial charge in [-0.2, -0.15) is 0 Å². The fourth-order valence-electron chi connectivity index (χ4n) is 6.48. The lowest BCUT2D eigenvalue weighted by atomic mass is 10.0. The second kappa shape index (κ2) is 28.3. The summed E-state index contributed by atoms with van der Waals surface area (Å²) in [6, 6.07) is -0.190. The molecule has 1 heterocycles. The maximum atomic E-state index is 14.1. The van der Waals surface area contributed by atoms with E-state index in [-0.39, 0.29) is 82.6 Å². The van der Waals surface area contributed by atoms with Crippen LogP contribution in [0.25, 0.3) is 0 Å². The van der Waals surface area contributed by atoms with Crippen LogP contribution in [0, 0.1) is 0 Å². The molecule has 0 spiro atoms. The van der Waals surface area contributed by atoms with E-state index < -0.39 is 115 Å². The number of aliphatic carboxylic acids is 1. The van der Waals surface area contributed by atoms with Crippen LogP contribution in [0.4, 0.5) is 0 Å². The monoisotopic (exact) mass is 917 g/mol. The zero-order valence-electron chi connectivity index (χ0n) is 36.7. The molecule has 1 aromatic rings. The molecule has 1 aliphatic rings. The number of hydrogen-bond donors (Lipinski definition) is 13. The van der Waals surface area contributed by atoms with Gasteiger partial charge in [0.2, 0.25) is 41.4 Å². The van der Waals surface area contributed by atoms with E-state index in [1.54, 1.807) is 30.3 Å². The number of amides is 7. The Hall–Kier alpha value is -6.53. The molecule has 360 valence electrons. The molecule has 0 saturated carbocycles. The molecule has 8 atom stereocenters. The van der Waals surface area contributed by atoms with Gasteiger partial charge in [-0.3, -0.25) is 52.9 Å². The standard InChI is InChI=1S/C41H63N11O13/c1-22(53)34(23(2)54)52-39(64)28-12-7-11-27(47-31(57)20-44-18-16-26(56)14-15-33(59)60)37(62)48-29(13-8-17-45-41(42)43)38(63)50-30(19-25-9-5-4-6-10-25)36(61)46-21-32(58)51-35(24(3)55)40(65)49-28/h4-6,9-10,22,24,27-30,34-35,44,53,55H,7-8,11-21H2,1-3H3,(H,46,61)(H,47,57)(H,48,62)(H,49,65)(H,50,63)(H,51,58)(H,52,64)(H,59,60)(H4,42,43,45). The highest BCUT2D eigenvalue weighted by molar-refractivity contribution is 5.97. The Morgan fingerprint density at radius 3 is 2.14 bits per heavy atom. The van der Waals surface area contributed by atoms with Crippen molar-refractivity contribution in [3.05, 3.63) is 35.9 Å². The van der Waals surface area contributed by atoms with E-state index in [0.29, 0.717) is 5.56 Å². The molecule has 15 N–H and O–H groups in total. The van der Waals surface area contributed by atoms with Gasteiger partial charge in [-0.1, -0.05) is 30.3 Å². The van der Waals surface area contributed by atoms with Crippen molar-refractivity contribution in [3.63, 3.8) is 0 Å². The number of aliphatic hydroxyl groups excluding tert-OH is 2. The lowest BCUT2D eigenvalue weighted by Gasteiger charge is -2.27. The highest BCUT2D eigenvalue weighted by Gasteiger charge is 2.34. The molecule has 1 fully saturated rings. The predicted molar refractivity (Wildman–Crippen MR) is 232 cm³/mol. The number of guanidine groups is 1. The van der Waals surface area contributed by atoms with E-state index in [2.05, 4.69) is 47.5 Å². The van der Waals surface area contributed by atoms with Crippen LogP contribution in [0.15, 0.2) is 35.3 Å². The number of rotatable bonds is 20. The van der Waals surface area contributed by atoms with Crippen LogP contribution in [0.2, 0.25) is 0 Å². The summed E-state index contributed by atoms with van der Waals surface area (Å²) in [5, 5.41) is 49.6. The number of ketones is 2. The molecule has 8 unspecified atom stereocenters. The van der Waals surface area contributed by atoms with Gasteiger partial charge in [0.05, 0.1) is 31.7 Å². The van der Waals surface area contributed by atoms with Gasteiger partial charge in [0, 0.05) is 32.4 Å². The smallest absolute Gasteiger partial charge is 0.303 e. The minimum atomic E-state index is -1.69. The molecular weight excluding hydrogens is 855 g/mol. The predicted octanol–water partition coefficient (Wildman–Crippen LogP) is -4.74. The van der Waals surface area contributed by atoms with Crippen molar-refractivity contribution >= 4 is 64.8 Å². The van der Waals surface area contributed by atoms with Gasteiger partial charge in [0.1, 0.15) is 42.0 Å². The maximum Gasteiger partial charge on any atom is 0.303 e. The number of benzene rings is 1. The zero-order valence-corrected chi connectivity index (χ0v) is 36.7. The van der Waals surface area contributed by atoms with Gasteiger partial charge >= 0.3 is 5.97 Å². The third kappa shape index (κ3) is 21.1. The lowest BCUT2D eigenvalue weighted by Crippen LogP contribution is -2.60. The summed E-state index contributed by atoms with van der Waals surface area (Å²) in [5.74, 6) is -8.59. The molecule has 2 rings (SSSR count). The molecule has 1 saturated heterocycles. The van der Waals surface area contributed by atoms with E-state index in [1.807, 2.05) is 0 Å². The first kappa shape index (κ1) is 54.6. The summed E-state index contributed by atoms with van der Waals surface area (Å²) in [7, 11) is 0. The number of carbonyl (C=O) groups is 10. The van der Waals surface area contributed by atoms with Crippen LogP contribution >= 0.6 is 0 Å². The number of nitrogens with one attached hydrogen (secondary N) is 8. The second-order valence-electron chi connectivity index (χ2n) is 15.6. The first-order chi connectivity index (χ1) is 30.7. The first-order valence-electron chi connectivity index (χ1n) is 21.2. The summed E-state index contributed by atoms with van der Waals surface area (Å²) >= 11 is 0. The molecule has 1 aromatic carbocycles. The molecule has 0 aromatic heterocycles. The Bertz CT molecular complexity index is 1860. The fourth-order valence-corrected chi connectivity index (χ4v) is 6.48. The van der Waals surface area contributed by atoms with Crippen molar-refractivity contribution in [3.8, 4) is 0 Å². The van der Waals surface area contributed by atoms with Crippen LogP contribution < -0.4 is 54.0 Å². The van der Waals surface area contributed by atoms with Crippen molar-refractivity contribution in [2.24, 2.45) is 16.5 Å². The van der Waals surface area contributed by atoms with Gasteiger partial charge in [0.15, 0.2) is 11.7 Å². The van der Waals surface area contributed by atoms with Crippen LogP contribution in [0.1, 0.15) is 77.7 Å². The number of nitrogens with two attached hydrogens (primary N) is 2. The van der Waals surface area contributed by atoms with E-state index in [1.165, 1.54) is 13.8 Å². The van der Waals surface area contributed by atoms with Crippen LogP contribution in [-0.4, -0.2) is 155 Å². The van der Waals surface area contributed by atoms with E-state index >= 15 is 0 Å². The second-order valence-corrected chi connectivity index (χ2v) is 15.6. The summed E-state index contributed by atoms with van der Waals surface area (Å²) in [5.41, 5.74) is 11.5. The largest absolute Gasteiger partial charge is 0.481 e. The quantitative estimate of drug-likeness (QED) is 0.0332. The maximum absolute atomic E-state index is 14.1. The van der Waals surface area contributed by atoms with Gasteiger partial charge in [0.25, 0.3) is 0 Å². The third-order valence-corrected chi connectivity index (χ3v) is 9.97. The van der Waals surface area contributed by atoms with Crippen LogP contribution in [0.5, 0.6) is 0 Å². The molecule has 24 nitrogen and oxygen atoms in total. The number of carboxylic acids is 1.